The highest BCUT2D eigenvalue weighted by Crippen LogP contribution is 2.36. The second-order valence-corrected chi connectivity index (χ2v) is 8.88. The number of anilines is 1. The first-order valence-corrected chi connectivity index (χ1v) is 11.6. The molecule has 6 nitrogen and oxygen atoms in total. The van der Waals surface area contributed by atoms with E-state index in [-0.39, 0.29) is 12.5 Å². The summed E-state index contributed by atoms with van der Waals surface area (Å²) in [6.45, 7) is 2.08. The van der Waals surface area contributed by atoms with Crippen molar-refractivity contribution in [2.24, 2.45) is 0 Å². The Labute approximate surface area is 204 Å². The van der Waals surface area contributed by atoms with E-state index in [9.17, 15) is 4.79 Å². The molecule has 1 amide bonds. The number of ether oxygens (including phenoxy) is 1. The number of hydrogen-bond donors (Lipinski definition) is 0. The lowest BCUT2D eigenvalue weighted by molar-refractivity contribution is 0.0465. The van der Waals surface area contributed by atoms with Crippen LogP contribution in [0.1, 0.15) is 34.3 Å². The van der Waals surface area contributed by atoms with E-state index in [1.165, 1.54) is 0 Å². The Kier molecular flexibility index (Phi) is 6.07. The number of amides is 1. The third-order valence-corrected chi connectivity index (χ3v) is 6.72. The van der Waals surface area contributed by atoms with Crippen LogP contribution in [0.5, 0.6) is 5.75 Å². The van der Waals surface area contributed by atoms with Crippen LogP contribution in [0, 0.1) is 0 Å². The Balaban J connectivity index is 1.53. The zero-order chi connectivity index (χ0) is 24.5. The summed E-state index contributed by atoms with van der Waals surface area (Å²) in [5, 5.41) is 0.956. The molecule has 5 rings (SSSR count). The molecule has 4 aromatic rings. The average molecular weight is 471 g/mol. The molecule has 3 unspecified atom stereocenters. The number of aromatic nitrogens is 2. The van der Waals surface area contributed by atoms with Gasteiger partial charge in [0.25, 0.3) is 5.91 Å². The van der Waals surface area contributed by atoms with Gasteiger partial charge < -0.3 is 14.5 Å². The van der Waals surface area contributed by atoms with Crippen LogP contribution >= 0.6 is 0 Å². The van der Waals surface area contributed by atoms with E-state index in [0.717, 1.165) is 22.0 Å². The van der Waals surface area contributed by atoms with Gasteiger partial charge in [-0.05, 0) is 47.5 Å². The van der Waals surface area contributed by atoms with Crippen LogP contribution < -0.4 is 9.64 Å². The number of benzene rings is 2. The number of hydrogen-bond acceptors (Lipinski definition) is 5. The lowest BCUT2D eigenvalue weighted by Crippen LogP contribution is -2.59. The maximum Gasteiger partial charge on any atom is 0.259 e. The van der Waals surface area contributed by atoms with E-state index >= 15 is 4.39 Å². The topological polar surface area (TPSA) is 58.6 Å². The van der Waals surface area contributed by atoms with Gasteiger partial charge in [0.2, 0.25) is 0 Å². The van der Waals surface area contributed by atoms with Gasteiger partial charge >= 0.3 is 0 Å². The van der Waals surface area contributed by atoms with Crippen molar-refractivity contribution < 1.29 is 13.9 Å². The Morgan fingerprint density at radius 2 is 1.89 bits per heavy atom. The third kappa shape index (κ3) is 4.18. The second-order valence-electron chi connectivity index (χ2n) is 8.88. The maximum absolute atomic E-state index is 16.5. The Bertz CT molecular complexity index is 1380. The summed E-state index contributed by atoms with van der Waals surface area (Å²) in [7, 11) is 3.39. The van der Waals surface area contributed by atoms with Crippen LogP contribution in [0.15, 0.2) is 79.1 Å². The predicted octanol–water partition coefficient (Wildman–Crippen LogP) is 5.20. The summed E-state index contributed by atoms with van der Waals surface area (Å²) in [5.41, 5.74) is 2.96. The first-order chi connectivity index (χ1) is 17.0. The molecule has 3 atom stereocenters. The molecular formula is C28H27FN4O2. The van der Waals surface area contributed by atoms with Gasteiger partial charge in [0, 0.05) is 37.3 Å². The number of methoxy groups -OCH3 is 1. The van der Waals surface area contributed by atoms with Crippen LogP contribution in [0.25, 0.3) is 10.9 Å². The van der Waals surface area contributed by atoms with E-state index < -0.39 is 18.3 Å². The summed E-state index contributed by atoms with van der Waals surface area (Å²) in [6, 6.07) is 20.7. The van der Waals surface area contributed by atoms with Gasteiger partial charge in [-0.25, -0.2) is 9.37 Å². The van der Waals surface area contributed by atoms with E-state index in [4.69, 9.17) is 4.74 Å². The summed E-state index contributed by atoms with van der Waals surface area (Å²) in [6.07, 6.45) is 1.11. The minimum Gasteiger partial charge on any atom is -0.497 e. The number of para-hydroxylation sites is 1. The van der Waals surface area contributed by atoms with Gasteiger partial charge in [0.1, 0.15) is 23.9 Å². The molecule has 3 heterocycles. The summed E-state index contributed by atoms with van der Waals surface area (Å²) < 4.78 is 21.8. The van der Waals surface area contributed by atoms with Gasteiger partial charge in [0.05, 0.1) is 18.2 Å². The Morgan fingerprint density at radius 3 is 2.71 bits per heavy atom. The van der Waals surface area contributed by atoms with Crippen molar-refractivity contribution in [2.75, 3.05) is 19.1 Å². The molecular weight excluding hydrogens is 443 g/mol. The third-order valence-electron chi connectivity index (χ3n) is 6.72. The molecule has 1 aliphatic rings. The van der Waals surface area contributed by atoms with Gasteiger partial charge in [-0.2, -0.15) is 0 Å². The van der Waals surface area contributed by atoms with Gasteiger partial charge in [-0.15, -0.1) is 0 Å². The van der Waals surface area contributed by atoms with E-state index in [1.807, 2.05) is 61.5 Å². The normalized spacial score (nSPS) is 17.3. The van der Waals surface area contributed by atoms with Crippen molar-refractivity contribution >= 4 is 22.6 Å². The van der Waals surface area contributed by atoms with Crippen molar-refractivity contribution in [1.29, 1.82) is 0 Å². The fourth-order valence-electron chi connectivity index (χ4n) is 4.75. The minimum atomic E-state index is -1.40. The first-order valence-electron chi connectivity index (χ1n) is 11.6. The molecule has 0 fully saturated rings. The number of halogens is 1. The molecule has 178 valence electrons. The molecule has 0 aliphatic carbocycles. The van der Waals surface area contributed by atoms with Crippen molar-refractivity contribution in [3.8, 4) is 5.75 Å². The molecule has 2 aromatic carbocycles. The largest absolute Gasteiger partial charge is 0.497 e. The first kappa shape index (κ1) is 22.8. The summed E-state index contributed by atoms with van der Waals surface area (Å²) in [4.78, 5) is 25.9. The standard InChI is InChI=1S/C28H27FN4O2/c1-18(21-15-20-9-4-5-12-24(20)31-16-21)25(29)27-32(2)26-23(11-7-13-30-26)28(34)33(27)17-19-8-6-10-22(14-19)35-3/h4-16,18,25,27H,17H2,1-3H3. The van der Waals surface area contributed by atoms with Gasteiger partial charge in [-0.1, -0.05) is 37.3 Å². The number of carbonyl (C=O) groups is 1. The maximum atomic E-state index is 16.5. The molecule has 0 radical (unpaired) electrons. The zero-order valence-electron chi connectivity index (χ0n) is 19.9. The van der Waals surface area contributed by atoms with Crippen LogP contribution in [0.4, 0.5) is 10.2 Å². The lowest BCUT2D eigenvalue weighted by atomic mass is 9.92. The van der Waals surface area contributed by atoms with E-state index in [1.54, 1.807) is 48.5 Å². The average Bonchev–Trinajstić information content (AvgIpc) is 2.90. The van der Waals surface area contributed by atoms with Crippen LogP contribution in [-0.2, 0) is 6.54 Å². The quantitative estimate of drug-likeness (QED) is 0.388. The minimum absolute atomic E-state index is 0.239. The highest BCUT2D eigenvalue weighted by Gasteiger charge is 2.43. The van der Waals surface area contributed by atoms with Crippen molar-refractivity contribution in [3.05, 3.63) is 95.8 Å². The molecule has 35 heavy (non-hydrogen) atoms. The number of fused-ring (bicyclic) bond motifs is 2. The highest BCUT2D eigenvalue weighted by atomic mass is 19.1. The monoisotopic (exact) mass is 470 g/mol. The molecule has 0 N–H and O–H groups in total. The molecule has 1 aliphatic heterocycles. The van der Waals surface area contributed by atoms with Crippen LogP contribution in [0.3, 0.4) is 0 Å². The smallest absolute Gasteiger partial charge is 0.259 e. The van der Waals surface area contributed by atoms with E-state index in [0.29, 0.717) is 17.1 Å². The lowest BCUT2D eigenvalue weighted by Gasteiger charge is -2.45. The SMILES string of the molecule is COc1cccc(CN2C(=O)c3cccnc3N(C)C2C(F)C(C)c2cnc3ccccc3c2)c1. The zero-order valence-corrected chi connectivity index (χ0v) is 19.9. The van der Waals surface area contributed by atoms with E-state index in [2.05, 4.69) is 9.97 Å². The number of rotatable bonds is 6. The predicted molar refractivity (Wildman–Crippen MR) is 134 cm³/mol. The summed E-state index contributed by atoms with van der Waals surface area (Å²) >= 11 is 0. The van der Waals surface area contributed by atoms with Gasteiger partial charge in [-0.3, -0.25) is 9.78 Å². The van der Waals surface area contributed by atoms with Crippen molar-refractivity contribution in [2.45, 2.75) is 31.7 Å². The highest BCUT2D eigenvalue weighted by molar-refractivity contribution is 6.01. The van der Waals surface area contributed by atoms with Crippen molar-refractivity contribution in [1.82, 2.24) is 14.9 Å². The number of pyridine rings is 2. The van der Waals surface area contributed by atoms with Crippen LogP contribution in [-0.4, -0.2) is 47.3 Å². The van der Waals surface area contributed by atoms with Crippen molar-refractivity contribution in [3.63, 3.8) is 0 Å². The fraction of sp³-hybridized carbons (Fsp3) is 0.250. The van der Waals surface area contributed by atoms with Gasteiger partial charge in [0.15, 0.2) is 0 Å². The number of nitrogens with zero attached hydrogens (tertiary/aromatic N) is 4. The Morgan fingerprint density at radius 1 is 1.06 bits per heavy atom. The van der Waals surface area contributed by atoms with Crippen LogP contribution in [0.2, 0.25) is 0 Å². The number of alkyl halides is 1. The molecule has 0 bridgehead atoms. The molecule has 2 aromatic heterocycles. The Hall–Kier alpha value is -4.00. The molecule has 7 heteroatoms. The summed E-state index contributed by atoms with van der Waals surface area (Å²) in [5.74, 6) is 0.415. The number of carbonyl (C=O) groups excluding carboxylic acids is 1. The molecule has 0 saturated carbocycles. The second kappa shape index (κ2) is 9.33. The molecule has 0 saturated heterocycles. The molecule has 0 spiro atoms. The fourth-order valence-corrected chi connectivity index (χ4v) is 4.75.